The van der Waals surface area contributed by atoms with Crippen molar-refractivity contribution in [3.05, 3.63) is 53.1 Å². The summed E-state index contributed by atoms with van der Waals surface area (Å²) in [6, 6.07) is 13.3. The smallest absolute Gasteiger partial charge is 0.241 e. The molecule has 2 aliphatic rings. The number of anilines is 1. The predicted octanol–water partition coefficient (Wildman–Crippen LogP) is 4.67. The van der Waals surface area contributed by atoms with Gasteiger partial charge in [0.05, 0.1) is 19.3 Å². The molecule has 5 nitrogen and oxygen atoms in total. The van der Waals surface area contributed by atoms with Gasteiger partial charge in [-0.3, -0.25) is 9.69 Å². The summed E-state index contributed by atoms with van der Waals surface area (Å²) >= 11 is 5.92. The van der Waals surface area contributed by atoms with Gasteiger partial charge in [-0.25, -0.2) is 0 Å². The van der Waals surface area contributed by atoms with Gasteiger partial charge < -0.3 is 14.8 Å². The van der Waals surface area contributed by atoms with Gasteiger partial charge in [-0.2, -0.15) is 0 Å². The minimum atomic E-state index is -0.237. The number of ether oxygens (including phenoxy) is 2. The van der Waals surface area contributed by atoms with E-state index in [4.69, 9.17) is 21.1 Å². The van der Waals surface area contributed by atoms with Crippen molar-refractivity contribution in [1.29, 1.82) is 0 Å². The number of carbonyl (C=O) groups is 1. The Hall–Kier alpha value is -2.24. The van der Waals surface area contributed by atoms with Crippen LogP contribution in [0.25, 0.3) is 0 Å². The Labute approximate surface area is 170 Å². The van der Waals surface area contributed by atoms with Gasteiger partial charge in [0.15, 0.2) is 11.5 Å². The molecule has 4 rings (SSSR count). The molecule has 2 heterocycles. The Balaban J connectivity index is 1.49. The first-order chi connectivity index (χ1) is 13.6. The van der Waals surface area contributed by atoms with E-state index in [1.165, 1.54) is 5.56 Å². The van der Waals surface area contributed by atoms with Crippen LogP contribution in [-0.2, 0) is 4.79 Å². The molecule has 1 N–H and O–H groups in total. The number of nitrogens with one attached hydrogen (secondary N) is 1. The van der Waals surface area contributed by atoms with E-state index in [-0.39, 0.29) is 18.0 Å². The lowest BCUT2D eigenvalue weighted by atomic mass is 10.0. The van der Waals surface area contributed by atoms with Crippen LogP contribution in [0.1, 0.15) is 37.8 Å². The molecule has 2 aromatic carbocycles. The monoisotopic (exact) mass is 400 g/mol. The summed E-state index contributed by atoms with van der Waals surface area (Å²) in [5.41, 5.74) is 1.93. The highest BCUT2D eigenvalue weighted by atomic mass is 35.5. The van der Waals surface area contributed by atoms with E-state index in [2.05, 4.69) is 22.3 Å². The number of halogens is 1. The fraction of sp³-hybridized carbons (Fsp3) is 0.409. The van der Waals surface area contributed by atoms with Crippen LogP contribution >= 0.6 is 11.6 Å². The molecule has 6 heteroatoms. The number of fused-ring (bicyclic) bond motifs is 1. The van der Waals surface area contributed by atoms with E-state index in [9.17, 15) is 4.79 Å². The third kappa shape index (κ3) is 4.10. The Morgan fingerprint density at radius 3 is 2.64 bits per heavy atom. The Kier molecular flexibility index (Phi) is 5.74. The van der Waals surface area contributed by atoms with Gasteiger partial charge in [0.1, 0.15) is 0 Å². The molecular weight excluding hydrogens is 376 g/mol. The number of rotatable bonds is 4. The molecule has 148 valence electrons. The first-order valence-corrected chi connectivity index (χ1v) is 10.2. The minimum absolute atomic E-state index is 0.0106. The van der Waals surface area contributed by atoms with Crippen LogP contribution in [0, 0.1) is 0 Å². The lowest BCUT2D eigenvalue weighted by Crippen LogP contribution is -2.41. The average Bonchev–Trinajstić information content (AvgIpc) is 3.07. The molecule has 2 aliphatic heterocycles. The van der Waals surface area contributed by atoms with E-state index in [0.717, 1.165) is 43.0 Å². The summed E-state index contributed by atoms with van der Waals surface area (Å²) in [5, 5.41) is 3.64. The van der Waals surface area contributed by atoms with Crippen LogP contribution in [0.5, 0.6) is 11.5 Å². The summed E-state index contributed by atoms with van der Waals surface area (Å²) in [7, 11) is 0. The number of nitrogens with zero attached hydrogens (tertiary/aromatic N) is 1. The van der Waals surface area contributed by atoms with Crippen molar-refractivity contribution in [2.45, 2.75) is 38.3 Å². The first kappa shape index (κ1) is 19.1. The lowest BCUT2D eigenvalue weighted by molar-refractivity contribution is -0.121. The van der Waals surface area contributed by atoms with Crippen LogP contribution in [0.3, 0.4) is 0 Å². The lowest BCUT2D eigenvalue weighted by Gasteiger charge is -2.30. The van der Waals surface area contributed by atoms with Crippen LogP contribution < -0.4 is 14.8 Å². The van der Waals surface area contributed by atoms with Crippen molar-refractivity contribution in [2.75, 3.05) is 25.1 Å². The van der Waals surface area contributed by atoms with Gasteiger partial charge in [0, 0.05) is 23.2 Å². The molecule has 0 saturated carbocycles. The normalized spacial score (nSPS) is 20.4. The molecule has 28 heavy (non-hydrogen) atoms. The van der Waals surface area contributed by atoms with Crippen LogP contribution in [0.15, 0.2) is 42.5 Å². The quantitative estimate of drug-likeness (QED) is 0.810. The fourth-order valence-corrected chi connectivity index (χ4v) is 4.05. The molecule has 2 aromatic rings. The molecule has 0 spiro atoms. The molecule has 0 bridgehead atoms. The molecule has 0 unspecified atom stereocenters. The third-order valence-corrected chi connectivity index (χ3v) is 5.69. The molecule has 1 amide bonds. The Morgan fingerprint density at radius 1 is 1.11 bits per heavy atom. The predicted molar refractivity (Wildman–Crippen MR) is 110 cm³/mol. The van der Waals surface area contributed by atoms with E-state index in [1.54, 1.807) is 12.1 Å². The van der Waals surface area contributed by atoms with E-state index in [0.29, 0.717) is 18.2 Å². The second kappa shape index (κ2) is 8.41. The Bertz CT molecular complexity index is 840. The summed E-state index contributed by atoms with van der Waals surface area (Å²) in [6.45, 7) is 4.22. The average molecular weight is 401 g/mol. The fourth-order valence-electron chi connectivity index (χ4n) is 3.93. The van der Waals surface area contributed by atoms with Gasteiger partial charge in [0.25, 0.3) is 0 Å². The maximum absolute atomic E-state index is 12.8. The first-order valence-electron chi connectivity index (χ1n) is 9.83. The largest absolute Gasteiger partial charge is 0.490 e. The molecule has 2 atom stereocenters. The Morgan fingerprint density at radius 2 is 1.86 bits per heavy atom. The summed E-state index contributed by atoms with van der Waals surface area (Å²) in [4.78, 5) is 15.1. The van der Waals surface area contributed by atoms with Gasteiger partial charge in [0.2, 0.25) is 5.91 Å². The maximum atomic E-state index is 12.8. The standard InChI is InChI=1S/C22H25ClN2O3/c1-15(22(26)24-18-8-6-17(23)7-9-18)25-11-2-4-19(25)16-5-10-20-21(14-16)28-13-3-12-27-20/h5-10,14-15,19H,2-4,11-13H2,1H3,(H,24,26)/t15-,19-/m1/s1. The minimum Gasteiger partial charge on any atom is -0.490 e. The van der Waals surface area contributed by atoms with Crippen molar-refractivity contribution in [3.8, 4) is 11.5 Å². The summed E-state index contributed by atoms with van der Waals surface area (Å²) < 4.78 is 11.6. The van der Waals surface area contributed by atoms with Crippen molar-refractivity contribution >= 4 is 23.2 Å². The van der Waals surface area contributed by atoms with Crippen LogP contribution in [0.4, 0.5) is 5.69 Å². The molecule has 0 aliphatic carbocycles. The van der Waals surface area contributed by atoms with Crippen molar-refractivity contribution in [3.63, 3.8) is 0 Å². The third-order valence-electron chi connectivity index (χ3n) is 5.44. The second-order valence-corrected chi connectivity index (χ2v) is 7.76. The van der Waals surface area contributed by atoms with E-state index in [1.807, 2.05) is 25.1 Å². The molecule has 1 saturated heterocycles. The zero-order chi connectivity index (χ0) is 19.5. The SMILES string of the molecule is C[C@H](C(=O)Nc1ccc(Cl)cc1)N1CCC[C@@H]1c1ccc2c(c1)OCCCO2. The molecule has 0 aromatic heterocycles. The molecule has 1 fully saturated rings. The highest BCUT2D eigenvalue weighted by Crippen LogP contribution is 2.38. The number of hydrogen-bond donors (Lipinski definition) is 1. The number of amides is 1. The van der Waals surface area contributed by atoms with Crippen molar-refractivity contribution in [1.82, 2.24) is 4.90 Å². The second-order valence-electron chi connectivity index (χ2n) is 7.32. The number of carbonyl (C=O) groups excluding carboxylic acids is 1. The zero-order valence-electron chi connectivity index (χ0n) is 16.0. The summed E-state index contributed by atoms with van der Waals surface area (Å²) in [5.74, 6) is 1.60. The van der Waals surface area contributed by atoms with Gasteiger partial charge in [-0.15, -0.1) is 0 Å². The number of hydrogen-bond acceptors (Lipinski definition) is 4. The van der Waals surface area contributed by atoms with E-state index < -0.39 is 0 Å². The number of likely N-dealkylation sites (tertiary alicyclic amines) is 1. The maximum Gasteiger partial charge on any atom is 0.241 e. The zero-order valence-corrected chi connectivity index (χ0v) is 16.7. The highest BCUT2D eigenvalue weighted by Gasteiger charge is 2.33. The number of benzene rings is 2. The van der Waals surface area contributed by atoms with Crippen LogP contribution in [0.2, 0.25) is 5.02 Å². The van der Waals surface area contributed by atoms with E-state index >= 15 is 0 Å². The van der Waals surface area contributed by atoms with Gasteiger partial charge in [-0.05, 0) is 68.3 Å². The summed E-state index contributed by atoms with van der Waals surface area (Å²) in [6.07, 6.45) is 2.98. The van der Waals surface area contributed by atoms with Crippen molar-refractivity contribution in [2.24, 2.45) is 0 Å². The highest BCUT2D eigenvalue weighted by molar-refractivity contribution is 6.30. The molecule has 0 radical (unpaired) electrons. The van der Waals surface area contributed by atoms with Crippen LogP contribution in [-0.4, -0.2) is 36.6 Å². The molecular formula is C22H25ClN2O3. The van der Waals surface area contributed by atoms with Gasteiger partial charge in [-0.1, -0.05) is 17.7 Å². The van der Waals surface area contributed by atoms with Crippen molar-refractivity contribution < 1.29 is 14.3 Å². The topological polar surface area (TPSA) is 50.8 Å². The van der Waals surface area contributed by atoms with Gasteiger partial charge >= 0.3 is 0 Å².